The van der Waals surface area contributed by atoms with E-state index in [9.17, 15) is 9.59 Å². The van der Waals surface area contributed by atoms with Crippen LogP contribution in [0, 0.1) is 0 Å². The van der Waals surface area contributed by atoms with Crippen molar-refractivity contribution in [1.29, 1.82) is 0 Å². The van der Waals surface area contributed by atoms with Crippen LogP contribution in [-0.4, -0.2) is 49.6 Å². The van der Waals surface area contributed by atoms with Crippen molar-refractivity contribution < 1.29 is 19.1 Å². The van der Waals surface area contributed by atoms with Crippen LogP contribution < -0.4 is 10.1 Å². The standard InChI is InChI=1S/C23H26N2O4/c1-16(18-6-10-21(28-3)11-7-18)14-22(26)24-20-8-4-19(5-9-20)23(27)25-12-13-29-15-17(25)2/h4-11,14,17H,12-13,15H2,1-3H3,(H,24,26)/b16-14+. The summed E-state index contributed by atoms with van der Waals surface area (Å²) in [5.41, 5.74) is 3.03. The fourth-order valence-corrected chi connectivity index (χ4v) is 3.20. The molecule has 1 atom stereocenters. The molecule has 1 saturated heterocycles. The molecule has 1 fully saturated rings. The fourth-order valence-electron chi connectivity index (χ4n) is 3.20. The first kappa shape index (κ1) is 20.6. The molecule has 0 radical (unpaired) electrons. The van der Waals surface area contributed by atoms with E-state index in [4.69, 9.17) is 9.47 Å². The van der Waals surface area contributed by atoms with Gasteiger partial charge in [0.2, 0.25) is 5.91 Å². The summed E-state index contributed by atoms with van der Waals surface area (Å²) >= 11 is 0. The van der Waals surface area contributed by atoms with Crippen LogP contribution >= 0.6 is 0 Å². The summed E-state index contributed by atoms with van der Waals surface area (Å²) in [4.78, 5) is 26.8. The molecule has 1 unspecified atom stereocenters. The number of amides is 2. The minimum Gasteiger partial charge on any atom is -0.497 e. The summed E-state index contributed by atoms with van der Waals surface area (Å²) in [6, 6.07) is 14.5. The lowest BCUT2D eigenvalue weighted by Gasteiger charge is -2.33. The maximum absolute atomic E-state index is 12.7. The molecule has 0 spiro atoms. The van der Waals surface area contributed by atoms with Crippen LogP contribution in [0.25, 0.3) is 5.57 Å². The van der Waals surface area contributed by atoms with Crippen molar-refractivity contribution in [3.05, 3.63) is 65.7 Å². The number of ether oxygens (including phenoxy) is 2. The SMILES string of the molecule is COc1ccc(/C(C)=C/C(=O)Nc2ccc(C(=O)N3CCOCC3C)cc2)cc1. The zero-order chi connectivity index (χ0) is 20.8. The van der Waals surface area contributed by atoms with E-state index >= 15 is 0 Å². The Hall–Kier alpha value is -3.12. The Morgan fingerprint density at radius 3 is 2.38 bits per heavy atom. The third-order valence-electron chi connectivity index (χ3n) is 4.92. The predicted octanol–water partition coefficient (Wildman–Crippen LogP) is 3.60. The average Bonchev–Trinajstić information content (AvgIpc) is 2.74. The Balaban J connectivity index is 1.62. The Morgan fingerprint density at radius 1 is 1.10 bits per heavy atom. The lowest BCUT2D eigenvalue weighted by atomic mass is 10.1. The van der Waals surface area contributed by atoms with Gasteiger partial charge in [-0.3, -0.25) is 9.59 Å². The minimum absolute atomic E-state index is 0.0195. The van der Waals surface area contributed by atoms with Gasteiger partial charge in [0.1, 0.15) is 5.75 Å². The number of nitrogens with zero attached hydrogens (tertiary/aromatic N) is 1. The lowest BCUT2D eigenvalue weighted by molar-refractivity contribution is -0.111. The Bertz CT molecular complexity index is 888. The van der Waals surface area contributed by atoms with Crippen molar-refractivity contribution in [3.63, 3.8) is 0 Å². The first-order valence-electron chi connectivity index (χ1n) is 9.60. The highest BCUT2D eigenvalue weighted by Gasteiger charge is 2.24. The molecule has 0 bridgehead atoms. The molecular formula is C23H26N2O4. The number of carbonyl (C=O) groups excluding carboxylic acids is 2. The highest BCUT2D eigenvalue weighted by atomic mass is 16.5. The largest absolute Gasteiger partial charge is 0.497 e. The number of rotatable bonds is 5. The molecule has 0 aliphatic carbocycles. The molecule has 1 heterocycles. The van der Waals surface area contributed by atoms with E-state index in [1.54, 1.807) is 37.5 Å². The van der Waals surface area contributed by atoms with E-state index in [1.807, 2.05) is 43.0 Å². The number of hydrogen-bond acceptors (Lipinski definition) is 4. The summed E-state index contributed by atoms with van der Waals surface area (Å²) in [6.07, 6.45) is 1.55. The van der Waals surface area contributed by atoms with Crippen molar-refractivity contribution in [3.8, 4) is 5.75 Å². The highest BCUT2D eigenvalue weighted by molar-refractivity contribution is 6.04. The molecule has 29 heavy (non-hydrogen) atoms. The Labute approximate surface area is 171 Å². The second-order valence-electron chi connectivity index (χ2n) is 7.04. The summed E-state index contributed by atoms with van der Waals surface area (Å²) in [5, 5.41) is 2.83. The second-order valence-corrected chi connectivity index (χ2v) is 7.04. The van der Waals surface area contributed by atoms with E-state index in [1.165, 1.54) is 0 Å². The third-order valence-corrected chi connectivity index (χ3v) is 4.92. The molecule has 1 aliphatic rings. The van der Waals surface area contributed by atoms with Crippen LogP contribution in [0.15, 0.2) is 54.6 Å². The van der Waals surface area contributed by atoms with Crippen molar-refractivity contribution >= 4 is 23.1 Å². The van der Waals surface area contributed by atoms with Gasteiger partial charge in [-0.2, -0.15) is 0 Å². The van der Waals surface area contributed by atoms with Gasteiger partial charge in [0.15, 0.2) is 0 Å². The molecule has 0 aromatic heterocycles. The summed E-state index contributed by atoms with van der Waals surface area (Å²) in [5.74, 6) is 0.528. The van der Waals surface area contributed by atoms with Crippen molar-refractivity contribution in [2.45, 2.75) is 19.9 Å². The molecule has 1 N–H and O–H groups in total. The number of carbonyl (C=O) groups is 2. The number of allylic oxidation sites excluding steroid dienone is 1. The summed E-state index contributed by atoms with van der Waals surface area (Å²) in [6.45, 7) is 5.56. The molecular weight excluding hydrogens is 368 g/mol. The topological polar surface area (TPSA) is 67.9 Å². The molecule has 6 nitrogen and oxygen atoms in total. The van der Waals surface area contributed by atoms with E-state index in [-0.39, 0.29) is 17.9 Å². The van der Waals surface area contributed by atoms with Crippen LogP contribution in [0.5, 0.6) is 5.75 Å². The first-order chi connectivity index (χ1) is 14.0. The summed E-state index contributed by atoms with van der Waals surface area (Å²) in [7, 11) is 1.62. The molecule has 2 aromatic carbocycles. The van der Waals surface area contributed by atoms with Gasteiger partial charge in [-0.1, -0.05) is 12.1 Å². The maximum Gasteiger partial charge on any atom is 0.254 e. The van der Waals surface area contributed by atoms with E-state index in [2.05, 4.69) is 5.32 Å². The Kier molecular flexibility index (Phi) is 6.67. The molecule has 152 valence electrons. The molecule has 6 heteroatoms. The van der Waals surface area contributed by atoms with Crippen molar-refractivity contribution in [2.75, 3.05) is 32.2 Å². The van der Waals surface area contributed by atoms with Gasteiger partial charge in [0, 0.05) is 23.9 Å². The number of hydrogen-bond donors (Lipinski definition) is 1. The van der Waals surface area contributed by atoms with E-state index in [0.29, 0.717) is 31.0 Å². The first-order valence-corrected chi connectivity index (χ1v) is 9.60. The normalized spacial score (nSPS) is 17.0. The quantitative estimate of drug-likeness (QED) is 0.787. The number of morpholine rings is 1. The third kappa shape index (κ3) is 5.23. The molecule has 2 aromatic rings. The van der Waals surface area contributed by atoms with Crippen molar-refractivity contribution in [1.82, 2.24) is 4.90 Å². The number of benzene rings is 2. The van der Waals surface area contributed by atoms with Gasteiger partial charge < -0.3 is 19.7 Å². The van der Waals surface area contributed by atoms with Crippen molar-refractivity contribution in [2.24, 2.45) is 0 Å². The van der Waals surface area contributed by atoms with Gasteiger partial charge in [-0.05, 0) is 61.4 Å². The number of anilines is 1. The smallest absolute Gasteiger partial charge is 0.254 e. The maximum atomic E-state index is 12.7. The molecule has 1 aliphatic heterocycles. The van der Waals surface area contributed by atoms with Crippen LogP contribution in [0.4, 0.5) is 5.69 Å². The van der Waals surface area contributed by atoms with E-state index < -0.39 is 0 Å². The highest BCUT2D eigenvalue weighted by Crippen LogP contribution is 2.19. The minimum atomic E-state index is -0.223. The fraction of sp³-hybridized carbons (Fsp3) is 0.304. The lowest BCUT2D eigenvalue weighted by Crippen LogP contribution is -2.47. The molecule has 2 amide bonds. The monoisotopic (exact) mass is 394 g/mol. The van der Waals surface area contributed by atoms with Gasteiger partial charge in [0.05, 0.1) is 26.4 Å². The van der Waals surface area contributed by atoms with E-state index in [0.717, 1.165) is 16.9 Å². The van der Waals surface area contributed by atoms with Crippen LogP contribution in [-0.2, 0) is 9.53 Å². The van der Waals surface area contributed by atoms with Crippen LogP contribution in [0.1, 0.15) is 29.8 Å². The summed E-state index contributed by atoms with van der Waals surface area (Å²) < 4.78 is 10.5. The average molecular weight is 394 g/mol. The van der Waals surface area contributed by atoms with Gasteiger partial charge in [-0.25, -0.2) is 0 Å². The number of methoxy groups -OCH3 is 1. The predicted molar refractivity (Wildman–Crippen MR) is 113 cm³/mol. The second kappa shape index (κ2) is 9.39. The zero-order valence-corrected chi connectivity index (χ0v) is 17.0. The van der Waals surface area contributed by atoms with Gasteiger partial charge >= 0.3 is 0 Å². The number of nitrogens with one attached hydrogen (secondary N) is 1. The zero-order valence-electron chi connectivity index (χ0n) is 17.0. The van der Waals surface area contributed by atoms with Crippen LogP contribution in [0.3, 0.4) is 0 Å². The Morgan fingerprint density at radius 2 is 1.76 bits per heavy atom. The van der Waals surface area contributed by atoms with Gasteiger partial charge in [0.25, 0.3) is 5.91 Å². The van der Waals surface area contributed by atoms with Gasteiger partial charge in [-0.15, -0.1) is 0 Å². The van der Waals surface area contributed by atoms with Crippen LogP contribution in [0.2, 0.25) is 0 Å². The molecule has 3 rings (SSSR count). The molecule has 0 saturated carbocycles.